The molecule has 9 nitrogen and oxygen atoms in total. The van der Waals surface area contributed by atoms with E-state index in [2.05, 4.69) is 5.32 Å². The highest BCUT2D eigenvalue weighted by atomic mass is 16.5. The number of ether oxygens (including phenoxy) is 1. The van der Waals surface area contributed by atoms with Crippen LogP contribution in [-0.4, -0.2) is 57.7 Å². The van der Waals surface area contributed by atoms with E-state index in [1.807, 2.05) is 19.9 Å². The van der Waals surface area contributed by atoms with Gasteiger partial charge >= 0.3 is 5.97 Å². The molecule has 3 atom stereocenters. The summed E-state index contributed by atoms with van der Waals surface area (Å²) < 4.78 is 10.2. The molecule has 9 heteroatoms. The van der Waals surface area contributed by atoms with Gasteiger partial charge in [0.05, 0.1) is 6.61 Å². The number of esters is 1. The zero-order valence-electron chi connectivity index (χ0n) is 16.4. The molecule has 0 aliphatic heterocycles. The fourth-order valence-corrected chi connectivity index (χ4v) is 2.57. The standard InChI is InChI=1S/C20H25NO8/c1-10-4-5-13(6-11(10)2)21-17(24)9-28-20(27)14-7-16(29-12(14)3)19(26)18(25)15(23)8-22/h4-7,15,18-19,22-23,25-26H,8-9H2,1-3H3,(H,21,24)/t15-,18+,19-/m1/s1. The van der Waals surface area contributed by atoms with E-state index in [1.165, 1.54) is 6.92 Å². The van der Waals surface area contributed by atoms with Crippen molar-refractivity contribution < 1.29 is 39.2 Å². The van der Waals surface area contributed by atoms with Gasteiger partial charge in [-0.2, -0.15) is 0 Å². The summed E-state index contributed by atoms with van der Waals surface area (Å²) in [4.78, 5) is 24.2. The topological polar surface area (TPSA) is 149 Å². The third-order valence-electron chi connectivity index (χ3n) is 4.48. The molecule has 1 aromatic heterocycles. The normalized spacial score (nSPS) is 14.2. The van der Waals surface area contributed by atoms with Gasteiger partial charge in [0.15, 0.2) is 6.61 Å². The van der Waals surface area contributed by atoms with Crippen LogP contribution in [0.15, 0.2) is 28.7 Å². The monoisotopic (exact) mass is 407 g/mol. The van der Waals surface area contributed by atoms with Gasteiger partial charge in [-0.15, -0.1) is 0 Å². The van der Waals surface area contributed by atoms with Crippen LogP contribution in [0.2, 0.25) is 0 Å². The molecule has 2 aromatic rings. The van der Waals surface area contributed by atoms with Crippen molar-refractivity contribution in [2.24, 2.45) is 0 Å². The minimum absolute atomic E-state index is 0.0382. The molecule has 0 aliphatic rings. The van der Waals surface area contributed by atoms with Crippen molar-refractivity contribution >= 4 is 17.6 Å². The number of carbonyl (C=O) groups is 2. The summed E-state index contributed by atoms with van der Waals surface area (Å²) in [6.45, 7) is 4.01. The van der Waals surface area contributed by atoms with Crippen LogP contribution in [0, 0.1) is 20.8 Å². The zero-order valence-corrected chi connectivity index (χ0v) is 16.4. The average Bonchev–Trinajstić information content (AvgIpc) is 3.08. The first-order chi connectivity index (χ1) is 13.6. The molecule has 0 bridgehead atoms. The minimum atomic E-state index is -1.71. The number of nitrogens with one attached hydrogen (secondary N) is 1. The lowest BCUT2D eigenvalue weighted by molar-refractivity contribution is -0.119. The Hall–Kier alpha value is -2.72. The molecule has 158 valence electrons. The molecule has 0 spiro atoms. The van der Waals surface area contributed by atoms with Crippen molar-refractivity contribution in [3.63, 3.8) is 0 Å². The maximum absolute atomic E-state index is 12.2. The lowest BCUT2D eigenvalue weighted by atomic mass is 10.1. The first kappa shape index (κ1) is 22.6. The third-order valence-corrected chi connectivity index (χ3v) is 4.48. The summed E-state index contributed by atoms with van der Waals surface area (Å²) in [5.74, 6) is -1.46. The molecule has 1 amide bonds. The zero-order chi connectivity index (χ0) is 21.7. The summed E-state index contributed by atoms with van der Waals surface area (Å²) >= 11 is 0. The fraction of sp³-hybridized carbons (Fsp3) is 0.400. The molecular formula is C20H25NO8. The summed E-state index contributed by atoms with van der Waals surface area (Å²) in [5, 5.41) is 40.6. The van der Waals surface area contributed by atoms with Gasteiger partial charge in [0.2, 0.25) is 0 Å². The van der Waals surface area contributed by atoms with Crippen molar-refractivity contribution in [1.29, 1.82) is 0 Å². The Morgan fingerprint density at radius 3 is 2.41 bits per heavy atom. The number of carbonyl (C=O) groups excluding carboxylic acids is 2. The summed E-state index contributed by atoms with van der Waals surface area (Å²) in [5.41, 5.74) is 2.63. The number of rotatable bonds is 8. The largest absolute Gasteiger partial charge is 0.463 e. The van der Waals surface area contributed by atoms with E-state index in [0.29, 0.717) is 5.69 Å². The van der Waals surface area contributed by atoms with Gasteiger partial charge in [0.1, 0.15) is 35.4 Å². The second-order valence-electron chi connectivity index (χ2n) is 6.73. The van der Waals surface area contributed by atoms with E-state index < -0.39 is 43.4 Å². The number of aryl methyl sites for hydroxylation is 3. The Labute approximate surface area is 167 Å². The quantitative estimate of drug-likeness (QED) is 0.402. The van der Waals surface area contributed by atoms with Crippen LogP contribution in [0.3, 0.4) is 0 Å². The van der Waals surface area contributed by atoms with E-state index in [1.54, 1.807) is 12.1 Å². The Morgan fingerprint density at radius 1 is 1.10 bits per heavy atom. The van der Waals surface area contributed by atoms with Crippen LogP contribution in [0.5, 0.6) is 0 Å². The van der Waals surface area contributed by atoms with E-state index in [4.69, 9.17) is 14.3 Å². The molecule has 0 saturated carbocycles. The molecule has 0 unspecified atom stereocenters. The SMILES string of the molecule is Cc1ccc(NC(=O)COC(=O)c2cc([C@@H](O)[C@@H](O)[C@H](O)CO)oc2C)cc1C. The molecule has 1 aromatic carbocycles. The van der Waals surface area contributed by atoms with Crippen LogP contribution in [0.4, 0.5) is 5.69 Å². The van der Waals surface area contributed by atoms with Crippen molar-refractivity contribution in [2.45, 2.75) is 39.1 Å². The predicted molar refractivity (Wildman–Crippen MR) is 102 cm³/mol. The molecule has 1 heterocycles. The number of furan rings is 1. The van der Waals surface area contributed by atoms with E-state index in [0.717, 1.165) is 17.2 Å². The summed E-state index contributed by atoms with van der Waals surface area (Å²) in [6, 6.07) is 6.55. The molecular weight excluding hydrogens is 382 g/mol. The Bertz CT molecular complexity index is 875. The maximum atomic E-state index is 12.2. The number of hydrogen-bond donors (Lipinski definition) is 5. The third kappa shape index (κ3) is 5.64. The van der Waals surface area contributed by atoms with Crippen LogP contribution in [0.25, 0.3) is 0 Å². The van der Waals surface area contributed by atoms with Crippen LogP contribution < -0.4 is 5.32 Å². The predicted octanol–water partition coefficient (Wildman–Crippen LogP) is 0.748. The van der Waals surface area contributed by atoms with Gasteiger partial charge in [0, 0.05) is 5.69 Å². The maximum Gasteiger partial charge on any atom is 0.342 e. The van der Waals surface area contributed by atoms with E-state index in [-0.39, 0.29) is 17.1 Å². The Balaban J connectivity index is 1.97. The lowest BCUT2D eigenvalue weighted by Gasteiger charge is -2.19. The molecule has 5 N–H and O–H groups in total. The molecule has 2 rings (SSSR count). The van der Waals surface area contributed by atoms with Crippen LogP contribution >= 0.6 is 0 Å². The highest BCUT2D eigenvalue weighted by Gasteiger charge is 2.30. The number of aliphatic hydroxyl groups excluding tert-OH is 4. The highest BCUT2D eigenvalue weighted by Crippen LogP contribution is 2.25. The van der Waals surface area contributed by atoms with Gasteiger partial charge in [-0.3, -0.25) is 4.79 Å². The van der Waals surface area contributed by atoms with Crippen LogP contribution in [-0.2, 0) is 9.53 Å². The Kier molecular flexibility index (Phi) is 7.52. The lowest BCUT2D eigenvalue weighted by Crippen LogP contribution is -2.34. The second-order valence-corrected chi connectivity index (χ2v) is 6.73. The number of benzene rings is 1. The average molecular weight is 407 g/mol. The fourth-order valence-electron chi connectivity index (χ4n) is 2.57. The van der Waals surface area contributed by atoms with Crippen LogP contribution in [0.1, 0.15) is 39.1 Å². The van der Waals surface area contributed by atoms with Gasteiger partial charge in [-0.05, 0) is 50.1 Å². The van der Waals surface area contributed by atoms with Crippen molar-refractivity contribution in [3.8, 4) is 0 Å². The first-order valence-corrected chi connectivity index (χ1v) is 8.93. The molecule has 0 fully saturated rings. The second kappa shape index (κ2) is 9.66. The van der Waals surface area contributed by atoms with Gasteiger partial charge in [-0.1, -0.05) is 6.07 Å². The van der Waals surface area contributed by atoms with Gasteiger partial charge < -0.3 is 34.9 Å². The Morgan fingerprint density at radius 2 is 1.79 bits per heavy atom. The smallest absolute Gasteiger partial charge is 0.342 e. The van der Waals surface area contributed by atoms with Gasteiger partial charge in [-0.25, -0.2) is 4.79 Å². The molecule has 0 radical (unpaired) electrons. The molecule has 29 heavy (non-hydrogen) atoms. The van der Waals surface area contributed by atoms with E-state index >= 15 is 0 Å². The van der Waals surface area contributed by atoms with Crippen molar-refractivity contribution in [1.82, 2.24) is 0 Å². The summed E-state index contributed by atoms with van der Waals surface area (Å²) in [7, 11) is 0. The van der Waals surface area contributed by atoms with Gasteiger partial charge in [0.25, 0.3) is 5.91 Å². The number of amides is 1. The number of anilines is 1. The molecule has 0 aliphatic carbocycles. The van der Waals surface area contributed by atoms with Crippen molar-refractivity contribution in [3.05, 3.63) is 52.5 Å². The van der Waals surface area contributed by atoms with E-state index in [9.17, 15) is 24.9 Å². The minimum Gasteiger partial charge on any atom is -0.463 e. The highest BCUT2D eigenvalue weighted by molar-refractivity contribution is 5.96. The molecule has 0 saturated heterocycles. The van der Waals surface area contributed by atoms with Crippen molar-refractivity contribution in [2.75, 3.05) is 18.5 Å². The summed E-state index contributed by atoms with van der Waals surface area (Å²) in [6.07, 6.45) is -4.96. The first-order valence-electron chi connectivity index (χ1n) is 8.93. The number of hydrogen-bond acceptors (Lipinski definition) is 8. The number of aliphatic hydroxyl groups is 4.